The van der Waals surface area contributed by atoms with Crippen molar-refractivity contribution in [2.75, 3.05) is 11.4 Å². The third-order valence-electron chi connectivity index (χ3n) is 2.96. The molecule has 23 heavy (non-hydrogen) atoms. The second kappa shape index (κ2) is 7.19. The SMILES string of the molecule is C=CCN(Cc1ccccn1)c1cc(C(F)(F)F)c(Cl)c(Cl)n1. The molecule has 0 aliphatic rings. The smallest absolute Gasteiger partial charge is 0.347 e. The summed E-state index contributed by atoms with van der Waals surface area (Å²) in [5.74, 6) is 0.0530. The van der Waals surface area contributed by atoms with Crippen LogP contribution in [-0.4, -0.2) is 16.5 Å². The number of pyridine rings is 2. The quantitative estimate of drug-likeness (QED) is 0.554. The second-order valence-corrected chi connectivity index (χ2v) is 5.36. The Kier molecular flexibility index (Phi) is 5.49. The van der Waals surface area contributed by atoms with Gasteiger partial charge in [0.1, 0.15) is 5.82 Å². The number of anilines is 1. The fraction of sp³-hybridized carbons (Fsp3) is 0.200. The Labute approximate surface area is 141 Å². The van der Waals surface area contributed by atoms with Crippen molar-refractivity contribution >= 4 is 29.0 Å². The van der Waals surface area contributed by atoms with Crippen molar-refractivity contribution in [2.45, 2.75) is 12.7 Å². The monoisotopic (exact) mass is 361 g/mol. The van der Waals surface area contributed by atoms with E-state index in [1.54, 1.807) is 35.4 Å². The molecule has 2 aromatic rings. The molecule has 0 aliphatic heterocycles. The molecule has 0 saturated carbocycles. The number of hydrogen-bond donors (Lipinski definition) is 0. The highest BCUT2D eigenvalue weighted by Crippen LogP contribution is 2.39. The van der Waals surface area contributed by atoms with Gasteiger partial charge in [-0.15, -0.1) is 6.58 Å². The molecule has 0 unspecified atom stereocenters. The van der Waals surface area contributed by atoms with Crippen LogP contribution in [0.15, 0.2) is 43.1 Å². The van der Waals surface area contributed by atoms with Gasteiger partial charge in [-0.3, -0.25) is 4.98 Å². The average molecular weight is 362 g/mol. The maximum Gasteiger partial charge on any atom is 0.418 e. The van der Waals surface area contributed by atoms with E-state index >= 15 is 0 Å². The zero-order valence-corrected chi connectivity index (χ0v) is 13.3. The molecule has 0 aromatic carbocycles. The third-order valence-corrected chi connectivity index (χ3v) is 3.71. The molecular weight excluding hydrogens is 350 g/mol. The molecule has 0 radical (unpaired) electrons. The van der Waals surface area contributed by atoms with Crippen LogP contribution in [0.3, 0.4) is 0 Å². The summed E-state index contributed by atoms with van der Waals surface area (Å²) >= 11 is 11.4. The van der Waals surface area contributed by atoms with E-state index in [9.17, 15) is 13.2 Å². The molecule has 0 atom stereocenters. The lowest BCUT2D eigenvalue weighted by Gasteiger charge is -2.23. The summed E-state index contributed by atoms with van der Waals surface area (Å²) in [6.45, 7) is 4.14. The zero-order chi connectivity index (χ0) is 17.0. The maximum absolute atomic E-state index is 13.1. The second-order valence-electron chi connectivity index (χ2n) is 4.62. The molecule has 0 aliphatic carbocycles. The molecule has 0 fully saturated rings. The van der Waals surface area contributed by atoms with Crippen molar-refractivity contribution in [2.24, 2.45) is 0 Å². The van der Waals surface area contributed by atoms with E-state index in [-0.39, 0.29) is 18.9 Å². The van der Waals surface area contributed by atoms with Crippen molar-refractivity contribution in [3.63, 3.8) is 0 Å². The predicted octanol–water partition coefficient (Wildman–Crippen LogP) is 4.99. The molecule has 2 aromatic heterocycles. The molecule has 8 heteroatoms. The summed E-state index contributed by atoms with van der Waals surface area (Å²) < 4.78 is 39.2. The van der Waals surface area contributed by atoms with Crippen molar-refractivity contribution in [3.05, 3.63) is 64.6 Å². The predicted molar refractivity (Wildman–Crippen MR) is 84.7 cm³/mol. The molecule has 0 saturated heterocycles. The van der Waals surface area contributed by atoms with E-state index in [2.05, 4.69) is 16.5 Å². The van der Waals surface area contributed by atoms with Crippen LogP contribution in [0.1, 0.15) is 11.3 Å². The highest BCUT2D eigenvalue weighted by atomic mass is 35.5. The number of nitrogens with zero attached hydrogens (tertiary/aromatic N) is 3. The standard InChI is InChI=1S/C15H12Cl2F3N3/c1-2-7-23(9-10-5-3-4-6-21-10)12-8-11(15(18,19)20)13(16)14(17)22-12/h2-6,8H,1,7,9H2. The Morgan fingerprint density at radius 1 is 1.26 bits per heavy atom. The molecule has 0 spiro atoms. The van der Waals surface area contributed by atoms with Crippen LogP contribution in [0.5, 0.6) is 0 Å². The van der Waals surface area contributed by atoms with Crippen molar-refractivity contribution < 1.29 is 13.2 Å². The van der Waals surface area contributed by atoms with Crippen LogP contribution >= 0.6 is 23.2 Å². The van der Waals surface area contributed by atoms with Crippen molar-refractivity contribution in [1.82, 2.24) is 9.97 Å². The normalized spacial score (nSPS) is 11.3. The summed E-state index contributed by atoms with van der Waals surface area (Å²) in [7, 11) is 0. The van der Waals surface area contributed by atoms with Crippen LogP contribution in [0.4, 0.5) is 19.0 Å². The first-order valence-corrected chi connectivity index (χ1v) is 7.27. The van der Waals surface area contributed by atoms with Gasteiger partial charge in [-0.2, -0.15) is 13.2 Å². The highest BCUT2D eigenvalue weighted by molar-refractivity contribution is 6.41. The Hall–Kier alpha value is -1.79. The van der Waals surface area contributed by atoms with Crippen molar-refractivity contribution in [1.29, 1.82) is 0 Å². The lowest BCUT2D eigenvalue weighted by molar-refractivity contribution is -0.137. The largest absolute Gasteiger partial charge is 0.418 e. The zero-order valence-electron chi connectivity index (χ0n) is 11.8. The minimum atomic E-state index is -4.62. The van der Waals surface area contributed by atoms with E-state index in [1.165, 1.54) is 0 Å². The Bertz CT molecular complexity index is 690. The van der Waals surface area contributed by atoms with Gasteiger partial charge >= 0.3 is 6.18 Å². The molecule has 122 valence electrons. The Morgan fingerprint density at radius 2 is 2.00 bits per heavy atom. The van der Waals surface area contributed by atoms with Crippen LogP contribution in [0.25, 0.3) is 0 Å². The van der Waals surface area contributed by atoms with Gasteiger partial charge < -0.3 is 4.90 Å². The summed E-state index contributed by atoms with van der Waals surface area (Å²) in [5, 5.41) is -1.01. The van der Waals surface area contributed by atoms with E-state index in [1.807, 2.05) is 0 Å². The lowest BCUT2D eigenvalue weighted by atomic mass is 10.2. The molecule has 0 amide bonds. The van der Waals surface area contributed by atoms with Crippen LogP contribution in [-0.2, 0) is 12.7 Å². The first kappa shape index (κ1) is 17.6. The third kappa shape index (κ3) is 4.36. The highest BCUT2D eigenvalue weighted by Gasteiger charge is 2.35. The van der Waals surface area contributed by atoms with Gasteiger partial charge in [0.05, 0.1) is 22.8 Å². The Morgan fingerprint density at radius 3 is 2.57 bits per heavy atom. The topological polar surface area (TPSA) is 29.0 Å². The van der Waals surface area contributed by atoms with E-state index < -0.39 is 21.9 Å². The van der Waals surface area contributed by atoms with Crippen LogP contribution in [0.2, 0.25) is 10.2 Å². The number of alkyl halides is 3. The molecule has 2 rings (SSSR count). The summed E-state index contributed by atoms with van der Waals surface area (Å²) in [4.78, 5) is 9.67. The minimum absolute atomic E-state index is 0.0530. The van der Waals surface area contributed by atoms with Gasteiger partial charge in [0, 0.05) is 12.7 Å². The molecule has 0 bridgehead atoms. The number of rotatable bonds is 5. The summed E-state index contributed by atoms with van der Waals surface area (Å²) in [5.41, 5.74) is -0.347. The van der Waals surface area contributed by atoms with E-state index in [0.29, 0.717) is 5.69 Å². The number of halogens is 5. The van der Waals surface area contributed by atoms with Crippen LogP contribution in [0, 0.1) is 0 Å². The molecule has 3 nitrogen and oxygen atoms in total. The van der Waals surface area contributed by atoms with Gasteiger partial charge in [-0.25, -0.2) is 4.98 Å². The number of hydrogen-bond acceptors (Lipinski definition) is 3. The lowest BCUT2D eigenvalue weighted by Crippen LogP contribution is -2.25. The summed E-state index contributed by atoms with van der Waals surface area (Å²) in [6, 6.07) is 6.18. The van der Waals surface area contributed by atoms with Crippen LogP contribution < -0.4 is 4.90 Å². The van der Waals surface area contributed by atoms with E-state index in [0.717, 1.165) is 6.07 Å². The summed E-state index contributed by atoms with van der Waals surface area (Å²) in [6.07, 6.45) is -1.46. The average Bonchev–Trinajstić information content (AvgIpc) is 2.49. The molecule has 2 heterocycles. The first-order valence-electron chi connectivity index (χ1n) is 6.52. The first-order chi connectivity index (χ1) is 10.8. The molecular formula is C15H12Cl2F3N3. The minimum Gasteiger partial charge on any atom is -0.347 e. The van der Waals surface area contributed by atoms with Crippen molar-refractivity contribution in [3.8, 4) is 0 Å². The van der Waals surface area contributed by atoms with E-state index in [4.69, 9.17) is 23.2 Å². The van der Waals surface area contributed by atoms with Gasteiger partial charge in [-0.05, 0) is 18.2 Å². The Balaban J connectivity index is 2.43. The number of aromatic nitrogens is 2. The van der Waals surface area contributed by atoms with Gasteiger partial charge in [0.15, 0.2) is 5.15 Å². The van der Waals surface area contributed by atoms with Gasteiger partial charge in [-0.1, -0.05) is 35.3 Å². The fourth-order valence-electron chi connectivity index (χ4n) is 1.94. The fourth-order valence-corrected chi connectivity index (χ4v) is 2.33. The van der Waals surface area contributed by atoms with Gasteiger partial charge in [0.25, 0.3) is 0 Å². The maximum atomic E-state index is 13.1. The molecule has 0 N–H and O–H groups in total. The van der Waals surface area contributed by atoms with Gasteiger partial charge in [0.2, 0.25) is 0 Å².